The highest BCUT2D eigenvalue weighted by Gasteiger charge is 2.19. The van der Waals surface area contributed by atoms with Gasteiger partial charge >= 0.3 is 0 Å². The second kappa shape index (κ2) is 5.83. The lowest BCUT2D eigenvalue weighted by Gasteiger charge is -2.14. The number of hydrogen-bond acceptors (Lipinski definition) is 4. The molecule has 21 heavy (non-hydrogen) atoms. The van der Waals surface area contributed by atoms with Gasteiger partial charge in [-0.15, -0.1) is 0 Å². The number of aromatic nitrogens is 1. The first kappa shape index (κ1) is 15.5. The SMILES string of the molecule is Cc1cc(C)c(S(=O)(=O)Nc2cccnc2C)cc1CN. The van der Waals surface area contributed by atoms with E-state index >= 15 is 0 Å². The van der Waals surface area contributed by atoms with Crippen LogP contribution in [0.5, 0.6) is 0 Å². The number of nitrogens with one attached hydrogen (secondary N) is 1. The van der Waals surface area contributed by atoms with E-state index in [9.17, 15) is 8.42 Å². The van der Waals surface area contributed by atoms with Gasteiger partial charge in [-0.1, -0.05) is 6.07 Å². The maximum Gasteiger partial charge on any atom is 0.262 e. The quantitative estimate of drug-likeness (QED) is 0.907. The summed E-state index contributed by atoms with van der Waals surface area (Å²) in [4.78, 5) is 4.33. The molecule has 6 heteroatoms. The average Bonchev–Trinajstić information content (AvgIpc) is 2.41. The third-order valence-corrected chi connectivity index (χ3v) is 4.90. The number of pyridine rings is 1. The van der Waals surface area contributed by atoms with Crippen molar-refractivity contribution in [1.82, 2.24) is 4.98 Å². The number of sulfonamides is 1. The van der Waals surface area contributed by atoms with Gasteiger partial charge in [0.15, 0.2) is 0 Å². The Hall–Kier alpha value is -1.92. The highest BCUT2D eigenvalue weighted by molar-refractivity contribution is 7.92. The minimum Gasteiger partial charge on any atom is -0.326 e. The van der Waals surface area contributed by atoms with Crippen molar-refractivity contribution in [2.75, 3.05) is 4.72 Å². The zero-order valence-corrected chi connectivity index (χ0v) is 13.2. The molecule has 0 radical (unpaired) electrons. The summed E-state index contributed by atoms with van der Waals surface area (Å²) in [5, 5.41) is 0. The molecule has 0 bridgehead atoms. The van der Waals surface area contributed by atoms with Crippen LogP contribution in [0.25, 0.3) is 0 Å². The predicted octanol–water partition coefficient (Wildman–Crippen LogP) is 2.27. The van der Waals surface area contributed by atoms with Gasteiger partial charge < -0.3 is 5.73 Å². The first-order valence-corrected chi connectivity index (χ1v) is 8.08. The fourth-order valence-electron chi connectivity index (χ4n) is 2.18. The van der Waals surface area contributed by atoms with E-state index in [-0.39, 0.29) is 4.90 Å². The molecule has 0 spiro atoms. The van der Waals surface area contributed by atoms with E-state index in [4.69, 9.17) is 5.73 Å². The van der Waals surface area contributed by atoms with E-state index in [2.05, 4.69) is 9.71 Å². The van der Waals surface area contributed by atoms with Crippen LogP contribution in [-0.4, -0.2) is 13.4 Å². The van der Waals surface area contributed by atoms with Gasteiger partial charge in [0, 0.05) is 12.7 Å². The molecule has 0 aliphatic rings. The lowest BCUT2D eigenvalue weighted by atomic mass is 10.1. The Kier molecular flexibility index (Phi) is 4.29. The molecular weight excluding hydrogens is 286 g/mol. The van der Waals surface area contributed by atoms with Gasteiger partial charge in [-0.25, -0.2) is 8.42 Å². The van der Waals surface area contributed by atoms with Gasteiger partial charge in [-0.05, 0) is 55.7 Å². The van der Waals surface area contributed by atoms with Crippen molar-refractivity contribution in [2.24, 2.45) is 5.73 Å². The monoisotopic (exact) mass is 305 g/mol. The van der Waals surface area contributed by atoms with E-state index < -0.39 is 10.0 Å². The molecule has 2 aromatic rings. The molecule has 1 aromatic heterocycles. The van der Waals surface area contributed by atoms with Crippen LogP contribution in [0.2, 0.25) is 0 Å². The second-order valence-electron chi connectivity index (χ2n) is 4.99. The van der Waals surface area contributed by atoms with Crippen molar-refractivity contribution >= 4 is 15.7 Å². The van der Waals surface area contributed by atoms with Crippen molar-refractivity contribution in [3.05, 3.63) is 52.8 Å². The van der Waals surface area contributed by atoms with Crippen LogP contribution in [0.4, 0.5) is 5.69 Å². The third-order valence-electron chi connectivity index (χ3n) is 3.39. The Morgan fingerprint density at radius 1 is 1.19 bits per heavy atom. The van der Waals surface area contributed by atoms with Gasteiger partial charge in [0.05, 0.1) is 16.3 Å². The molecule has 112 valence electrons. The average molecular weight is 305 g/mol. The molecule has 0 unspecified atom stereocenters. The Labute approximate surface area is 125 Å². The van der Waals surface area contributed by atoms with Gasteiger partial charge in [0.2, 0.25) is 0 Å². The highest BCUT2D eigenvalue weighted by atomic mass is 32.2. The van der Waals surface area contributed by atoms with Crippen molar-refractivity contribution in [2.45, 2.75) is 32.2 Å². The Bertz CT molecular complexity index is 770. The van der Waals surface area contributed by atoms with E-state index in [0.717, 1.165) is 11.1 Å². The molecule has 2 rings (SSSR count). The third kappa shape index (κ3) is 3.22. The fraction of sp³-hybridized carbons (Fsp3) is 0.267. The van der Waals surface area contributed by atoms with Gasteiger partial charge in [-0.3, -0.25) is 9.71 Å². The Morgan fingerprint density at radius 3 is 2.52 bits per heavy atom. The molecule has 0 aliphatic carbocycles. The predicted molar refractivity (Wildman–Crippen MR) is 83.6 cm³/mol. The maximum atomic E-state index is 12.6. The summed E-state index contributed by atoms with van der Waals surface area (Å²) in [6.45, 7) is 5.76. The summed E-state index contributed by atoms with van der Waals surface area (Å²) in [6.07, 6.45) is 1.62. The summed E-state index contributed by atoms with van der Waals surface area (Å²) in [6, 6.07) is 6.86. The standard InChI is InChI=1S/C15H19N3O2S/c1-10-7-11(2)15(8-13(10)9-16)21(19,20)18-14-5-4-6-17-12(14)3/h4-8,18H,9,16H2,1-3H3. The molecular formula is C15H19N3O2S. The topological polar surface area (TPSA) is 85.1 Å². The molecule has 1 heterocycles. The fourth-order valence-corrected chi connectivity index (χ4v) is 3.57. The molecule has 3 N–H and O–H groups in total. The molecule has 0 saturated heterocycles. The Morgan fingerprint density at radius 2 is 1.90 bits per heavy atom. The lowest BCUT2D eigenvalue weighted by Crippen LogP contribution is -2.16. The van der Waals surface area contributed by atoms with Crippen molar-refractivity contribution in [3.63, 3.8) is 0 Å². The van der Waals surface area contributed by atoms with Gasteiger partial charge in [0.25, 0.3) is 10.0 Å². The zero-order chi connectivity index (χ0) is 15.6. The van der Waals surface area contributed by atoms with Crippen LogP contribution in [0.3, 0.4) is 0 Å². The van der Waals surface area contributed by atoms with Gasteiger partial charge in [-0.2, -0.15) is 0 Å². The second-order valence-corrected chi connectivity index (χ2v) is 6.64. The minimum atomic E-state index is -3.66. The molecule has 0 fully saturated rings. The molecule has 0 aliphatic heterocycles. The number of benzene rings is 1. The van der Waals surface area contributed by atoms with Gasteiger partial charge in [0.1, 0.15) is 0 Å². The smallest absolute Gasteiger partial charge is 0.262 e. The van der Waals surface area contributed by atoms with Crippen LogP contribution in [0.1, 0.15) is 22.4 Å². The summed E-state index contributed by atoms with van der Waals surface area (Å²) in [5.74, 6) is 0. The number of nitrogens with two attached hydrogens (primary N) is 1. The Balaban J connectivity index is 2.47. The lowest BCUT2D eigenvalue weighted by molar-refractivity contribution is 0.600. The van der Waals surface area contributed by atoms with Crippen molar-refractivity contribution < 1.29 is 8.42 Å². The largest absolute Gasteiger partial charge is 0.326 e. The first-order chi connectivity index (χ1) is 9.85. The molecule has 0 amide bonds. The van der Waals surface area contributed by atoms with E-state index in [1.807, 2.05) is 13.0 Å². The van der Waals surface area contributed by atoms with Crippen LogP contribution in [0.15, 0.2) is 35.4 Å². The number of anilines is 1. The van der Waals surface area contributed by atoms with Crippen LogP contribution in [0, 0.1) is 20.8 Å². The zero-order valence-electron chi connectivity index (χ0n) is 12.3. The number of nitrogens with zero attached hydrogens (tertiary/aromatic N) is 1. The number of rotatable bonds is 4. The van der Waals surface area contributed by atoms with Crippen LogP contribution in [-0.2, 0) is 16.6 Å². The number of hydrogen-bond donors (Lipinski definition) is 2. The molecule has 0 saturated carbocycles. The van der Waals surface area contributed by atoms with E-state index in [0.29, 0.717) is 23.5 Å². The van der Waals surface area contributed by atoms with Crippen LogP contribution < -0.4 is 10.5 Å². The number of aryl methyl sites for hydroxylation is 3. The van der Waals surface area contributed by atoms with Crippen LogP contribution >= 0.6 is 0 Å². The summed E-state index contributed by atoms with van der Waals surface area (Å²) in [7, 11) is -3.66. The minimum absolute atomic E-state index is 0.247. The first-order valence-electron chi connectivity index (χ1n) is 6.60. The normalized spacial score (nSPS) is 11.4. The molecule has 0 atom stereocenters. The maximum absolute atomic E-state index is 12.6. The van der Waals surface area contributed by atoms with E-state index in [1.165, 1.54) is 0 Å². The summed E-state index contributed by atoms with van der Waals surface area (Å²) in [5.41, 5.74) is 9.28. The molecule has 1 aromatic carbocycles. The molecule has 5 nitrogen and oxygen atoms in total. The van der Waals surface area contributed by atoms with Crippen molar-refractivity contribution in [3.8, 4) is 0 Å². The summed E-state index contributed by atoms with van der Waals surface area (Å²) < 4.78 is 27.7. The van der Waals surface area contributed by atoms with Crippen molar-refractivity contribution in [1.29, 1.82) is 0 Å². The highest BCUT2D eigenvalue weighted by Crippen LogP contribution is 2.23. The van der Waals surface area contributed by atoms with E-state index in [1.54, 1.807) is 38.2 Å². The summed E-state index contributed by atoms with van der Waals surface area (Å²) >= 11 is 0.